The normalized spacial score (nSPS) is 56.0. The summed E-state index contributed by atoms with van der Waals surface area (Å²) in [5.74, 6) is 3.30. The molecule has 4 aliphatic rings. The molecule has 4 bridgehead atoms. The second-order valence-corrected chi connectivity index (χ2v) is 3.47. The predicted octanol–water partition coefficient (Wildman–Crippen LogP) is 1.97. The van der Waals surface area contributed by atoms with E-state index in [0.29, 0.717) is 0 Å². The highest BCUT2D eigenvalue weighted by atomic mass is 14.6. The van der Waals surface area contributed by atoms with Gasteiger partial charge in [-0.3, -0.25) is 0 Å². The van der Waals surface area contributed by atoms with Crippen molar-refractivity contribution in [2.75, 3.05) is 0 Å². The predicted molar refractivity (Wildman–Crippen MR) is 32.4 cm³/mol. The van der Waals surface area contributed by atoms with Crippen molar-refractivity contribution >= 4 is 0 Å². The van der Waals surface area contributed by atoms with Gasteiger partial charge in [0.15, 0.2) is 0 Å². The van der Waals surface area contributed by atoms with Crippen molar-refractivity contribution in [3.05, 3.63) is 11.6 Å². The molecule has 3 atom stereocenters. The van der Waals surface area contributed by atoms with Crippen LogP contribution < -0.4 is 0 Å². The molecule has 0 nitrogen and oxygen atoms in total. The molecular weight excluding hydrogens is 96.1 g/mol. The fourth-order valence-electron chi connectivity index (χ4n) is 2.81. The Labute approximate surface area is 49.6 Å². The summed E-state index contributed by atoms with van der Waals surface area (Å²) in [6.07, 6.45) is 7.02. The largest absolute Gasteiger partial charge is 0.0845 e. The Hall–Kier alpha value is -0.260. The summed E-state index contributed by atoms with van der Waals surface area (Å²) in [5, 5.41) is 0. The summed E-state index contributed by atoms with van der Waals surface area (Å²) < 4.78 is 0. The molecule has 4 aliphatic carbocycles. The first-order valence-corrected chi connectivity index (χ1v) is 3.65. The zero-order valence-electron chi connectivity index (χ0n) is 4.93. The van der Waals surface area contributed by atoms with Crippen molar-refractivity contribution in [2.45, 2.75) is 19.3 Å². The van der Waals surface area contributed by atoms with Crippen LogP contribution in [0.1, 0.15) is 19.3 Å². The molecule has 0 aromatic carbocycles. The fourth-order valence-corrected chi connectivity index (χ4v) is 2.81. The summed E-state index contributed by atoms with van der Waals surface area (Å²) in [4.78, 5) is 0. The van der Waals surface area contributed by atoms with Crippen LogP contribution in [0, 0.1) is 17.8 Å². The second-order valence-electron chi connectivity index (χ2n) is 3.47. The SMILES string of the molecule is C1=C2C3CC(C1)C2C3. The van der Waals surface area contributed by atoms with Gasteiger partial charge < -0.3 is 0 Å². The molecule has 0 heterocycles. The average Bonchev–Trinajstić information content (AvgIpc) is 2.25. The first-order valence-electron chi connectivity index (χ1n) is 3.65. The lowest BCUT2D eigenvalue weighted by molar-refractivity contribution is 0.428. The quantitative estimate of drug-likeness (QED) is 0.414. The lowest BCUT2D eigenvalue weighted by Crippen LogP contribution is -2.14. The summed E-state index contributed by atoms with van der Waals surface area (Å²) >= 11 is 0. The van der Waals surface area contributed by atoms with Crippen molar-refractivity contribution in [1.82, 2.24) is 0 Å². The number of hydrogen-bond donors (Lipinski definition) is 0. The maximum absolute atomic E-state index is 2.49. The third-order valence-electron chi connectivity index (χ3n) is 3.25. The van der Waals surface area contributed by atoms with Gasteiger partial charge in [0.1, 0.15) is 0 Å². The van der Waals surface area contributed by atoms with E-state index >= 15 is 0 Å². The van der Waals surface area contributed by atoms with Crippen LogP contribution in [0.3, 0.4) is 0 Å². The minimum atomic E-state index is 1.08. The van der Waals surface area contributed by atoms with Crippen molar-refractivity contribution in [2.24, 2.45) is 17.8 Å². The van der Waals surface area contributed by atoms with E-state index < -0.39 is 0 Å². The smallest absolute Gasteiger partial charge is 0.0163 e. The Kier molecular flexibility index (Phi) is 0.415. The van der Waals surface area contributed by atoms with E-state index in [4.69, 9.17) is 0 Å². The summed E-state index contributed by atoms with van der Waals surface area (Å²) in [6, 6.07) is 0. The summed E-state index contributed by atoms with van der Waals surface area (Å²) in [5.41, 5.74) is 1.84. The van der Waals surface area contributed by atoms with Crippen molar-refractivity contribution < 1.29 is 0 Å². The standard InChI is InChI=1S/C8H10/c1-2-7-6-3-5(1)8(7)4-6/h2,5-6,8H,1,3-4H2. The zero-order valence-corrected chi connectivity index (χ0v) is 4.93. The molecule has 8 heavy (non-hydrogen) atoms. The van der Waals surface area contributed by atoms with Crippen LogP contribution >= 0.6 is 0 Å². The van der Waals surface area contributed by atoms with Gasteiger partial charge in [0.2, 0.25) is 0 Å². The van der Waals surface area contributed by atoms with Crippen molar-refractivity contribution in [3.8, 4) is 0 Å². The lowest BCUT2D eigenvalue weighted by Gasteiger charge is -2.25. The fraction of sp³-hybridized carbons (Fsp3) is 0.750. The molecule has 0 amide bonds. The van der Waals surface area contributed by atoms with E-state index in [1.165, 1.54) is 6.42 Å². The van der Waals surface area contributed by atoms with Gasteiger partial charge in [0, 0.05) is 0 Å². The van der Waals surface area contributed by atoms with Crippen molar-refractivity contribution in [3.63, 3.8) is 0 Å². The average molecular weight is 106 g/mol. The third kappa shape index (κ3) is 0.211. The third-order valence-corrected chi connectivity index (χ3v) is 3.25. The van der Waals surface area contributed by atoms with Gasteiger partial charge in [-0.15, -0.1) is 0 Å². The van der Waals surface area contributed by atoms with E-state index in [2.05, 4.69) is 6.08 Å². The van der Waals surface area contributed by atoms with E-state index in [1.54, 1.807) is 12.8 Å². The Morgan fingerprint density at radius 2 is 2.38 bits per heavy atom. The van der Waals surface area contributed by atoms with Crippen LogP contribution in [0.5, 0.6) is 0 Å². The van der Waals surface area contributed by atoms with E-state index in [0.717, 1.165) is 17.8 Å². The molecule has 0 heteroatoms. The minimum Gasteiger partial charge on any atom is -0.0845 e. The molecule has 3 unspecified atom stereocenters. The number of allylic oxidation sites excluding steroid dienone is 2. The first kappa shape index (κ1) is 3.71. The van der Waals surface area contributed by atoms with Gasteiger partial charge in [0.05, 0.1) is 0 Å². The zero-order chi connectivity index (χ0) is 5.14. The Morgan fingerprint density at radius 3 is 2.75 bits per heavy atom. The Balaban J connectivity index is 2.20. The minimum absolute atomic E-state index is 1.08. The monoisotopic (exact) mass is 106 g/mol. The molecule has 0 N–H and O–H groups in total. The van der Waals surface area contributed by atoms with E-state index in [9.17, 15) is 0 Å². The molecule has 0 spiro atoms. The number of rotatable bonds is 0. The topological polar surface area (TPSA) is 0 Å². The molecule has 0 saturated heterocycles. The molecule has 0 aromatic heterocycles. The number of hydrogen-bond acceptors (Lipinski definition) is 0. The maximum Gasteiger partial charge on any atom is -0.0163 e. The summed E-state index contributed by atoms with van der Waals surface area (Å²) in [6.45, 7) is 0. The molecule has 4 rings (SSSR count). The van der Waals surface area contributed by atoms with Gasteiger partial charge in [-0.05, 0) is 37.0 Å². The van der Waals surface area contributed by atoms with E-state index in [1.807, 2.05) is 5.57 Å². The highest BCUT2D eigenvalue weighted by molar-refractivity contribution is 5.32. The molecular formula is C8H10. The van der Waals surface area contributed by atoms with Gasteiger partial charge in [0.25, 0.3) is 0 Å². The van der Waals surface area contributed by atoms with Gasteiger partial charge >= 0.3 is 0 Å². The van der Waals surface area contributed by atoms with Gasteiger partial charge in [-0.1, -0.05) is 11.6 Å². The van der Waals surface area contributed by atoms with E-state index in [-0.39, 0.29) is 0 Å². The van der Waals surface area contributed by atoms with Crippen LogP contribution in [0.15, 0.2) is 11.6 Å². The lowest BCUT2D eigenvalue weighted by atomic mass is 9.80. The highest BCUT2D eigenvalue weighted by Crippen LogP contribution is 2.61. The van der Waals surface area contributed by atoms with Crippen molar-refractivity contribution in [1.29, 1.82) is 0 Å². The Bertz CT molecular complexity index is 167. The Morgan fingerprint density at radius 1 is 1.38 bits per heavy atom. The van der Waals surface area contributed by atoms with Crippen LogP contribution in [-0.4, -0.2) is 0 Å². The molecule has 0 aliphatic heterocycles. The molecule has 42 valence electrons. The van der Waals surface area contributed by atoms with Crippen LogP contribution in [-0.2, 0) is 0 Å². The molecule has 0 radical (unpaired) electrons. The van der Waals surface area contributed by atoms with Crippen LogP contribution in [0.4, 0.5) is 0 Å². The molecule has 3 saturated carbocycles. The molecule has 0 aromatic rings. The van der Waals surface area contributed by atoms with Crippen LogP contribution in [0.2, 0.25) is 0 Å². The first-order chi connectivity index (χ1) is 3.95. The maximum atomic E-state index is 2.49. The van der Waals surface area contributed by atoms with Gasteiger partial charge in [-0.25, -0.2) is 0 Å². The van der Waals surface area contributed by atoms with Gasteiger partial charge in [-0.2, -0.15) is 0 Å². The summed E-state index contributed by atoms with van der Waals surface area (Å²) in [7, 11) is 0. The molecule has 3 fully saturated rings. The second kappa shape index (κ2) is 0.896. The highest BCUT2D eigenvalue weighted by Gasteiger charge is 2.50. The van der Waals surface area contributed by atoms with Crippen LogP contribution in [0.25, 0.3) is 0 Å².